The van der Waals surface area contributed by atoms with Crippen LogP contribution in [0.5, 0.6) is 0 Å². The van der Waals surface area contributed by atoms with Crippen LogP contribution >= 0.6 is 0 Å². The standard InChI is InChI=1S/C17H33N3O4/c1-17(2,3)24-16(22)19-9-7-5-6-8-10-20-11-12-23-14(13-20)15(21)18-4/h14H,5-13H2,1-4H3,(H,18,21)(H,19,22). The van der Waals surface area contributed by atoms with Crippen molar-refractivity contribution in [3.8, 4) is 0 Å². The normalized spacial score (nSPS) is 18.9. The highest BCUT2D eigenvalue weighted by Gasteiger charge is 2.25. The molecule has 1 saturated heterocycles. The lowest BCUT2D eigenvalue weighted by molar-refractivity contribution is -0.138. The van der Waals surface area contributed by atoms with E-state index in [-0.39, 0.29) is 18.1 Å². The highest BCUT2D eigenvalue weighted by atomic mass is 16.6. The summed E-state index contributed by atoms with van der Waals surface area (Å²) in [5.41, 5.74) is -0.450. The minimum Gasteiger partial charge on any atom is -0.444 e. The van der Waals surface area contributed by atoms with Crippen LogP contribution in [0.2, 0.25) is 0 Å². The maximum absolute atomic E-state index is 11.6. The van der Waals surface area contributed by atoms with Crippen molar-refractivity contribution in [2.75, 3.05) is 39.8 Å². The number of rotatable bonds is 8. The van der Waals surface area contributed by atoms with E-state index in [9.17, 15) is 9.59 Å². The summed E-state index contributed by atoms with van der Waals surface area (Å²) >= 11 is 0. The summed E-state index contributed by atoms with van der Waals surface area (Å²) in [4.78, 5) is 25.4. The van der Waals surface area contributed by atoms with E-state index >= 15 is 0 Å². The molecule has 1 rings (SSSR count). The van der Waals surface area contributed by atoms with E-state index in [1.54, 1.807) is 7.05 Å². The molecule has 7 heteroatoms. The minimum atomic E-state index is -0.450. The zero-order chi connectivity index (χ0) is 18.0. The SMILES string of the molecule is CNC(=O)C1CN(CCCCCCNC(=O)OC(C)(C)C)CCO1. The van der Waals surface area contributed by atoms with Gasteiger partial charge < -0.3 is 20.1 Å². The molecule has 1 fully saturated rings. The minimum absolute atomic E-state index is 0.0482. The van der Waals surface area contributed by atoms with E-state index in [0.717, 1.165) is 38.8 Å². The van der Waals surface area contributed by atoms with Crippen molar-refractivity contribution in [3.63, 3.8) is 0 Å². The van der Waals surface area contributed by atoms with Gasteiger partial charge in [0.15, 0.2) is 0 Å². The van der Waals surface area contributed by atoms with Gasteiger partial charge in [-0.25, -0.2) is 4.79 Å². The summed E-state index contributed by atoms with van der Waals surface area (Å²) in [5.74, 6) is -0.0482. The largest absolute Gasteiger partial charge is 0.444 e. The zero-order valence-electron chi connectivity index (χ0n) is 15.5. The van der Waals surface area contributed by atoms with Gasteiger partial charge in [0.1, 0.15) is 11.7 Å². The molecule has 24 heavy (non-hydrogen) atoms. The molecular weight excluding hydrogens is 310 g/mol. The molecule has 0 aromatic carbocycles. The Kier molecular flexibility index (Phi) is 9.07. The Morgan fingerprint density at radius 2 is 1.92 bits per heavy atom. The van der Waals surface area contributed by atoms with Crippen molar-refractivity contribution in [1.82, 2.24) is 15.5 Å². The topological polar surface area (TPSA) is 79.9 Å². The number of amides is 2. The molecule has 7 nitrogen and oxygen atoms in total. The predicted octanol–water partition coefficient (Wildman–Crippen LogP) is 1.52. The highest BCUT2D eigenvalue weighted by molar-refractivity contribution is 5.80. The molecule has 0 radical (unpaired) electrons. The Bertz CT molecular complexity index is 396. The first-order chi connectivity index (χ1) is 11.3. The maximum Gasteiger partial charge on any atom is 0.407 e. The van der Waals surface area contributed by atoms with E-state index in [1.807, 2.05) is 20.8 Å². The van der Waals surface area contributed by atoms with Gasteiger partial charge in [0.25, 0.3) is 0 Å². The average Bonchev–Trinajstić information content (AvgIpc) is 2.51. The number of carbonyl (C=O) groups excluding carboxylic acids is 2. The second-order valence-corrected chi connectivity index (χ2v) is 7.12. The van der Waals surface area contributed by atoms with Gasteiger partial charge in [-0.15, -0.1) is 0 Å². The monoisotopic (exact) mass is 343 g/mol. The van der Waals surface area contributed by atoms with Crippen molar-refractivity contribution in [2.24, 2.45) is 0 Å². The van der Waals surface area contributed by atoms with Crippen LogP contribution in [0.1, 0.15) is 46.5 Å². The molecular formula is C17H33N3O4. The number of nitrogens with zero attached hydrogens (tertiary/aromatic N) is 1. The molecule has 140 valence electrons. The van der Waals surface area contributed by atoms with Crippen molar-refractivity contribution in [2.45, 2.75) is 58.2 Å². The van der Waals surface area contributed by atoms with Gasteiger partial charge in [0, 0.05) is 26.7 Å². The number of alkyl carbamates (subject to hydrolysis) is 1. The third-order valence-electron chi connectivity index (χ3n) is 3.76. The number of morpholine rings is 1. The van der Waals surface area contributed by atoms with Crippen LogP contribution in [0.25, 0.3) is 0 Å². The Labute approximate surface area is 145 Å². The fraction of sp³-hybridized carbons (Fsp3) is 0.882. The number of ether oxygens (including phenoxy) is 2. The number of carbonyl (C=O) groups is 2. The van der Waals surface area contributed by atoms with Gasteiger partial charge in [0.05, 0.1) is 6.61 Å². The van der Waals surface area contributed by atoms with E-state index < -0.39 is 5.60 Å². The second kappa shape index (κ2) is 10.5. The van der Waals surface area contributed by atoms with E-state index in [2.05, 4.69) is 15.5 Å². The van der Waals surface area contributed by atoms with Gasteiger partial charge in [-0.05, 0) is 40.2 Å². The van der Waals surface area contributed by atoms with E-state index in [0.29, 0.717) is 19.7 Å². The molecule has 1 atom stereocenters. The van der Waals surface area contributed by atoms with Crippen LogP contribution in [0.3, 0.4) is 0 Å². The van der Waals surface area contributed by atoms with Crippen molar-refractivity contribution >= 4 is 12.0 Å². The van der Waals surface area contributed by atoms with Crippen LogP contribution in [0.15, 0.2) is 0 Å². The van der Waals surface area contributed by atoms with Crippen molar-refractivity contribution in [1.29, 1.82) is 0 Å². The molecule has 1 unspecified atom stereocenters. The molecule has 2 amide bonds. The first-order valence-corrected chi connectivity index (χ1v) is 8.84. The number of hydrogen-bond acceptors (Lipinski definition) is 5. The fourth-order valence-electron chi connectivity index (χ4n) is 2.54. The zero-order valence-corrected chi connectivity index (χ0v) is 15.5. The molecule has 1 heterocycles. The Hall–Kier alpha value is -1.34. The molecule has 1 aliphatic rings. The van der Waals surface area contributed by atoms with Gasteiger partial charge in [-0.3, -0.25) is 9.69 Å². The molecule has 0 bridgehead atoms. The summed E-state index contributed by atoms with van der Waals surface area (Å²) in [6.07, 6.45) is 3.52. The second-order valence-electron chi connectivity index (χ2n) is 7.12. The summed E-state index contributed by atoms with van der Waals surface area (Å²) in [6, 6.07) is 0. The summed E-state index contributed by atoms with van der Waals surface area (Å²) in [5, 5.41) is 5.41. The molecule has 0 aliphatic carbocycles. The molecule has 2 N–H and O–H groups in total. The third kappa shape index (κ3) is 9.08. The highest BCUT2D eigenvalue weighted by Crippen LogP contribution is 2.09. The number of unbranched alkanes of at least 4 members (excludes halogenated alkanes) is 3. The number of likely N-dealkylation sites (N-methyl/N-ethyl adjacent to an activating group) is 1. The lowest BCUT2D eigenvalue weighted by Gasteiger charge is -2.31. The number of hydrogen-bond donors (Lipinski definition) is 2. The first-order valence-electron chi connectivity index (χ1n) is 8.84. The van der Waals surface area contributed by atoms with Crippen molar-refractivity contribution < 1.29 is 19.1 Å². The Morgan fingerprint density at radius 1 is 1.21 bits per heavy atom. The third-order valence-corrected chi connectivity index (χ3v) is 3.76. The molecule has 1 aliphatic heterocycles. The summed E-state index contributed by atoms with van der Waals surface area (Å²) in [6.45, 7) is 9.35. The van der Waals surface area contributed by atoms with Gasteiger partial charge in [0.2, 0.25) is 5.91 Å². The van der Waals surface area contributed by atoms with E-state index in [1.165, 1.54) is 0 Å². The summed E-state index contributed by atoms with van der Waals surface area (Å²) < 4.78 is 10.7. The van der Waals surface area contributed by atoms with Crippen LogP contribution in [0.4, 0.5) is 4.79 Å². The quantitative estimate of drug-likeness (QED) is 0.653. The first kappa shape index (κ1) is 20.7. The molecule has 0 saturated carbocycles. The van der Waals surface area contributed by atoms with Crippen LogP contribution in [-0.4, -0.2) is 68.4 Å². The van der Waals surface area contributed by atoms with Gasteiger partial charge in [-0.1, -0.05) is 12.8 Å². The lowest BCUT2D eigenvalue weighted by Crippen LogP contribution is -2.49. The molecule has 0 aromatic rings. The Balaban J connectivity index is 2.02. The van der Waals surface area contributed by atoms with Gasteiger partial charge in [-0.2, -0.15) is 0 Å². The lowest BCUT2D eigenvalue weighted by atomic mass is 10.1. The fourth-order valence-corrected chi connectivity index (χ4v) is 2.54. The molecule has 0 spiro atoms. The van der Waals surface area contributed by atoms with Crippen LogP contribution < -0.4 is 10.6 Å². The average molecular weight is 343 g/mol. The molecule has 0 aromatic heterocycles. The van der Waals surface area contributed by atoms with Crippen molar-refractivity contribution in [3.05, 3.63) is 0 Å². The number of nitrogens with one attached hydrogen (secondary N) is 2. The predicted molar refractivity (Wildman–Crippen MR) is 93.0 cm³/mol. The smallest absolute Gasteiger partial charge is 0.407 e. The van der Waals surface area contributed by atoms with Gasteiger partial charge >= 0.3 is 6.09 Å². The van der Waals surface area contributed by atoms with Crippen LogP contribution in [0, 0.1) is 0 Å². The maximum atomic E-state index is 11.6. The summed E-state index contributed by atoms with van der Waals surface area (Å²) in [7, 11) is 1.63. The van der Waals surface area contributed by atoms with Crippen LogP contribution in [-0.2, 0) is 14.3 Å². The Morgan fingerprint density at radius 3 is 2.58 bits per heavy atom. The van der Waals surface area contributed by atoms with E-state index in [4.69, 9.17) is 9.47 Å².